The van der Waals surface area contributed by atoms with E-state index in [4.69, 9.17) is 9.47 Å². The predicted octanol–water partition coefficient (Wildman–Crippen LogP) is 3.20. The van der Waals surface area contributed by atoms with Gasteiger partial charge in [0.1, 0.15) is 11.9 Å². The van der Waals surface area contributed by atoms with Gasteiger partial charge in [-0.05, 0) is 43.2 Å². The Morgan fingerprint density at radius 2 is 1.85 bits per heavy atom. The van der Waals surface area contributed by atoms with Crippen LogP contribution < -0.4 is 9.47 Å². The van der Waals surface area contributed by atoms with Crippen LogP contribution in [0.1, 0.15) is 25.7 Å². The maximum atomic E-state index is 11.4. The lowest BCUT2D eigenvalue weighted by molar-refractivity contribution is 0.0456. The number of piperidine rings is 1. The molecule has 136 valence electrons. The summed E-state index contributed by atoms with van der Waals surface area (Å²) in [5.74, 6) is 0.792. The van der Waals surface area contributed by atoms with Crippen LogP contribution in [0.15, 0.2) is 36.5 Å². The lowest BCUT2D eigenvalue weighted by Crippen LogP contribution is -2.48. The zero-order chi connectivity index (χ0) is 18.1. The molecular weight excluding hydrogens is 334 g/mol. The van der Waals surface area contributed by atoms with E-state index < -0.39 is 6.09 Å². The summed E-state index contributed by atoms with van der Waals surface area (Å²) in [5.41, 5.74) is 1.74. The first kappa shape index (κ1) is 16.6. The molecule has 1 aromatic heterocycles. The molecule has 0 aliphatic carbocycles. The van der Waals surface area contributed by atoms with Crippen molar-refractivity contribution in [1.82, 2.24) is 14.9 Å². The topological polar surface area (TPSA) is 84.8 Å². The molecule has 2 fully saturated rings. The van der Waals surface area contributed by atoms with Gasteiger partial charge in [-0.15, -0.1) is 0 Å². The summed E-state index contributed by atoms with van der Waals surface area (Å²) < 4.78 is 11.2. The van der Waals surface area contributed by atoms with Crippen molar-refractivity contribution in [2.75, 3.05) is 7.11 Å². The average molecular weight is 355 g/mol. The number of nitrogens with zero attached hydrogens (tertiary/aromatic N) is 3. The monoisotopic (exact) mass is 355 g/mol. The molecule has 2 saturated heterocycles. The molecule has 4 rings (SSSR count). The van der Waals surface area contributed by atoms with E-state index in [9.17, 15) is 9.90 Å². The summed E-state index contributed by atoms with van der Waals surface area (Å²) in [5, 5.41) is 9.35. The molecule has 0 spiro atoms. The molecule has 7 nitrogen and oxygen atoms in total. The van der Waals surface area contributed by atoms with Crippen LogP contribution in [0, 0.1) is 0 Å². The molecule has 1 N–H and O–H groups in total. The number of carboxylic acid groups (broad SMARTS) is 1. The first-order valence-electron chi connectivity index (χ1n) is 8.79. The molecule has 1 aromatic carbocycles. The fourth-order valence-electron chi connectivity index (χ4n) is 4.00. The first-order chi connectivity index (χ1) is 12.6. The van der Waals surface area contributed by atoms with Crippen molar-refractivity contribution in [3.63, 3.8) is 0 Å². The second-order valence-electron chi connectivity index (χ2n) is 6.74. The van der Waals surface area contributed by atoms with E-state index in [1.165, 1.54) is 0 Å². The van der Waals surface area contributed by atoms with Crippen LogP contribution >= 0.6 is 0 Å². The Morgan fingerprint density at radius 3 is 2.46 bits per heavy atom. The lowest BCUT2D eigenvalue weighted by atomic mass is 10.0. The summed E-state index contributed by atoms with van der Waals surface area (Å²) in [6.45, 7) is 0. The number of aromatic nitrogens is 2. The fraction of sp³-hybridized carbons (Fsp3) is 0.421. The Morgan fingerprint density at radius 1 is 1.15 bits per heavy atom. The van der Waals surface area contributed by atoms with Gasteiger partial charge in [0.2, 0.25) is 0 Å². The van der Waals surface area contributed by atoms with Gasteiger partial charge in [0, 0.05) is 36.7 Å². The summed E-state index contributed by atoms with van der Waals surface area (Å²) in [4.78, 5) is 21.7. The maximum Gasteiger partial charge on any atom is 0.407 e. The highest BCUT2D eigenvalue weighted by Gasteiger charge is 2.44. The number of methoxy groups -OCH3 is 1. The van der Waals surface area contributed by atoms with Crippen molar-refractivity contribution in [2.24, 2.45) is 0 Å². The molecule has 0 saturated carbocycles. The number of amides is 1. The quantitative estimate of drug-likeness (QED) is 0.906. The Labute approximate surface area is 151 Å². The molecule has 2 aliphatic heterocycles. The average Bonchev–Trinajstić information content (AvgIpc) is 2.94. The van der Waals surface area contributed by atoms with Crippen molar-refractivity contribution in [2.45, 2.75) is 43.9 Å². The third-order valence-corrected chi connectivity index (χ3v) is 5.20. The van der Waals surface area contributed by atoms with E-state index in [-0.39, 0.29) is 18.2 Å². The van der Waals surface area contributed by atoms with Crippen LogP contribution in [0.25, 0.3) is 11.3 Å². The molecule has 0 unspecified atom stereocenters. The van der Waals surface area contributed by atoms with Crippen LogP contribution in [-0.2, 0) is 0 Å². The van der Waals surface area contributed by atoms with Crippen molar-refractivity contribution < 1.29 is 19.4 Å². The molecule has 3 atom stereocenters. The van der Waals surface area contributed by atoms with Gasteiger partial charge in [-0.3, -0.25) is 0 Å². The van der Waals surface area contributed by atoms with Crippen LogP contribution in [0.2, 0.25) is 0 Å². The van der Waals surface area contributed by atoms with Gasteiger partial charge >= 0.3 is 12.1 Å². The van der Waals surface area contributed by atoms with Gasteiger partial charge in [0.25, 0.3) is 0 Å². The molecule has 2 aliphatic rings. The minimum atomic E-state index is -0.825. The van der Waals surface area contributed by atoms with E-state index in [1.807, 2.05) is 30.3 Å². The smallest absolute Gasteiger partial charge is 0.407 e. The summed E-state index contributed by atoms with van der Waals surface area (Å²) in [7, 11) is 1.63. The number of fused-ring (bicyclic) bond motifs is 2. The predicted molar refractivity (Wildman–Crippen MR) is 94.3 cm³/mol. The Hall–Kier alpha value is -2.83. The van der Waals surface area contributed by atoms with Crippen LogP contribution in [0.3, 0.4) is 0 Å². The van der Waals surface area contributed by atoms with Crippen molar-refractivity contribution in [1.29, 1.82) is 0 Å². The Bertz CT molecular complexity index is 782. The third-order valence-electron chi connectivity index (χ3n) is 5.20. The zero-order valence-corrected chi connectivity index (χ0v) is 14.5. The molecule has 26 heavy (non-hydrogen) atoms. The Balaban J connectivity index is 1.47. The van der Waals surface area contributed by atoms with Gasteiger partial charge in [-0.25, -0.2) is 9.78 Å². The molecule has 2 aromatic rings. The van der Waals surface area contributed by atoms with Crippen LogP contribution in [0.4, 0.5) is 4.79 Å². The molecule has 7 heteroatoms. The highest BCUT2D eigenvalue weighted by atomic mass is 16.5. The second-order valence-corrected chi connectivity index (χ2v) is 6.74. The molecule has 1 amide bonds. The van der Waals surface area contributed by atoms with Crippen LogP contribution in [0.5, 0.6) is 11.8 Å². The van der Waals surface area contributed by atoms with E-state index in [1.54, 1.807) is 18.2 Å². The van der Waals surface area contributed by atoms with Gasteiger partial charge in [-0.2, -0.15) is 4.98 Å². The number of benzene rings is 1. The van der Waals surface area contributed by atoms with Crippen molar-refractivity contribution in [3.05, 3.63) is 36.5 Å². The summed E-state index contributed by atoms with van der Waals surface area (Å²) in [6, 6.07) is 9.92. The SMILES string of the molecule is COc1ccc(-c2ccnc(O[C@@H]3C[C@H]4CC[C@@H](C3)N4C(=O)O)n2)cc1. The van der Waals surface area contributed by atoms with Crippen molar-refractivity contribution >= 4 is 6.09 Å². The highest BCUT2D eigenvalue weighted by Crippen LogP contribution is 2.37. The minimum Gasteiger partial charge on any atom is -0.497 e. The molecule has 0 radical (unpaired) electrons. The lowest BCUT2D eigenvalue weighted by Gasteiger charge is -2.36. The second kappa shape index (κ2) is 6.82. The number of carbonyl (C=O) groups is 1. The molecular formula is C19H21N3O4. The van der Waals surface area contributed by atoms with E-state index >= 15 is 0 Å². The number of hydrogen-bond donors (Lipinski definition) is 1. The van der Waals surface area contributed by atoms with Gasteiger partial charge < -0.3 is 19.5 Å². The van der Waals surface area contributed by atoms with E-state index in [2.05, 4.69) is 9.97 Å². The van der Waals surface area contributed by atoms with E-state index in [0.717, 1.165) is 29.8 Å². The fourth-order valence-corrected chi connectivity index (χ4v) is 4.00. The standard InChI is InChI=1S/C19H21N3O4/c1-25-15-6-2-12(3-7-15)17-8-9-20-18(21-17)26-16-10-13-4-5-14(11-16)22(13)19(23)24/h2-3,6-9,13-14,16H,4-5,10-11H2,1H3,(H,23,24)/t13-,14+,16-. The molecule has 2 bridgehead atoms. The van der Waals surface area contributed by atoms with Gasteiger partial charge in [-0.1, -0.05) is 0 Å². The van der Waals surface area contributed by atoms with Gasteiger partial charge in [0.15, 0.2) is 0 Å². The number of rotatable bonds is 4. The summed E-state index contributed by atoms with van der Waals surface area (Å²) in [6.07, 6.45) is 4.01. The normalized spacial score (nSPS) is 24.3. The first-order valence-corrected chi connectivity index (χ1v) is 8.79. The maximum absolute atomic E-state index is 11.4. The Kier molecular flexibility index (Phi) is 4.36. The number of ether oxygens (including phenoxy) is 2. The molecule has 3 heterocycles. The minimum absolute atomic E-state index is 0.0426. The number of hydrogen-bond acceptors (Lipinski definition) is 5. The van der Waals surface area contributed by atoms with Crippen LogP contribution in [-0.4, -0.2) is 51.4 Å². The highest BCUT2D eigenvalue weighted by molar-refractivity contribution is 5.66. The van der Waals surface area contributed by atoms with Crippen molar-refractivity contribution in [3.8, 4) is 23.0 Å². The van der Waals surface area contributed by atoms with Gasteiger partial charge in [0.05, 0.1) is 12.8 Å². The summed E-state index contributed by atoms with van der Waals surface area (Å²) >= 11 is 0. The zero-order valence-electron chi connectivity index (χ0n) is 14.5. The van der Waals surface area contributed by atoms with E-state index in [0.29, 0.717) is 18.9 Å². The largest absolute Gasteiger partial charge is 0.497 e. The third kappa shape index (κ3) is 3.16.